The third-order valence-corrected chi connectivity index (χ3v) is 6.33. The molecule has 2 saturated heterocycles. The highest BCUT2D eigenvalue weighted by atomic mass is 15.3. The van der Waals surface area contributed by atoms with Gasteiger partial charge in [-0.15, -0.1) is 0 Å². The first-order valence-corrected chi connectivity index (χ1v) is 9.26. The molecular formula is C18H25N7. The number of nitrogens with zero attached hydrogens (tertiary/aromatic N) is 4. The lowest BCUT2D eigenvalue weighted by Crippen LogP contribution is -2.48. The van der Waals surface area contributed by atoms with Crippen LogP contribution in [0, 0.1) is 5.41 Å². The van der Waals surface area contributed by atoms with Crippen molar-refractivity contribution in [2.45, 2.75) is 50.6 Å². The molecule has 0 aromatic carbocycles. The first-order chi connectivity index (χ1) is 12.2. The molecule has 3 N–H and O–H groups in total. The molecule has 4 heterocycles. The molecule has 2 saturated carbocycles. The van der Waals surface area contributed by atoms with Gasteiger partial charge in [0.1, 0.15) is 5.82 Å². The lowest BCUT2D eigenvalue weighted by Gasteiger charge is -2.41. The topological polar surface area (TPSA) is 81.8 Å². The van der Waals surface area contributed by atoms with E-state index < -0.39 is 0 Å². The molecule has 6 rings (SSSR count). The van der Waals surface area contributed by atoms with E-state index in [0.29, 0.717) is 23.4 Å². The molecule has 132 valence electrons. The van der Waals surface area contributed by atoms with Crippen LogP contribution in [0.4, 0.5) is 17.6 Å². The Kier molecular flexibility index (Phi) is 3.28. The van der Waals surface area contributed by atoms with Crippen molar-refractivity contribution in [1.82, 2.24) is 25.5 Å². The van der Waals surface area contributed by atoms with Crippen molar-refractivity contribution >= 4 is 17.6 Å². The molecule has 7 nitrogen and oxygen atoms in total. The second-order valence-corrected chi connectivity index (χ2v) is 7.91. The molecule has 2 bridgehead atoms. The van der Waals surface area contributed by atoms with E-state index in [4.69, 9.17) is 4.98 Å². The SMILES string of the molecule is CNC(C)C12CC(C1)N(c1nccc(Nc3cc(C4CC4)[nH]n3)n1)C2. The first-order valence-electron chi connectivity index (χ1n) is 9.26. The van der Waals surface area contributed by atoms with E-state index in [0.717, 1.165) is 24.1 Å². The number of hydrogen-bond donors (Lipinski definition) is 3. The number of anilines is 3. The fourth-order valence-corrected chi connectivity index (χ4v) is 4.42. The highest BCUT2D eigenvalue weighted by molar-refractivity contribution is 5.54. The summed E-state index contributed by atoms with van der Waals surface area (Å²) in [5, 5.41) is 14.2. The Labute approximate surface area is 147 Å². The second-order valence-electron chi connectivity index (χ2n) is 7.91. The number of rotatable bonds is 6. The number of H-pyrrole nitrogens is 1. The summed E-state index contributed by atoms with van der Waals surface area (Å²) in [6.45, 7) is 3.32. The molecule has 1 unspecified atom stereocenters. The first kappa shape index (κ1) is 15.1. The third kappa shape index (κ3) is 2.49. The number of aromatic amines is 1. The molecule has 0 amide bonds. The van der Waals surface area contributed by atoms with Gasteiger partial charge in [-0.2, -0.15) is 10.1 Å². The quantitative estimate of drug-likeness (QED) is 0.750. The fourth-order valence-electron chi connectivity index (χ4n) is 4.42. The molecule has 2 aromatic rings. The molecule has 1 atom stereocenters. The molecule has 2 aliphatic heterocycles. The maximum atomic E-state index is 4.74. The molecule has 2 aliphatic carbocycles. The van der Waals surface area contributed by atoms with Crippen molar-refractivity contribution in [2.24, 2.45) is 5.41 Å². The van der Waals surface area contributed by atoms with E-state index >= 15 is 0 Å². The normalized spacial score (nSPS) is 28.7. The molecule has 4 aliphatic rings. The van der Waals surface area contributed by atoms with Crippen molar-refractivity contribution in [3.05, 3.63) is 24.0 Å². The van der Waals surface area contributed by atoms with Crippen molar-refractivity contribution in [3.8, 4) is 0 Å². The maximum absolute atomic E-state index is 4.74. The zero-order valence-corrected chi connectivity index (χ0v) is 14.8. The van der Waals surface area contributed by atoms with Gasteiger partial charge >= 0.3 is 0 Å². The van der Waals surface area contributed by atoms with Crippen LogP contribution in [-0.2, 0) is 0 Å². The van der Waals surface area contributed by atoms with Gasteiger partial charge < -0.3 is 15.5 Å². The second kappa shape index (κ2) is 5.42. The molecule has 25 heavy (non-hydrogen) atoms. The Hall–Kier alpha value is -2.15. The Bertz CT molecular complexity index is 775. The average molecular weight is 339 g/mol. The standard InChI is InChI=1S/C18H25N7/c1-11(19-2)18-8-13(9-18)25(10-18)17-20-6-5-15(22-17)21-16-7-14(23-24-16)12-3-4-12/h5-7,11-13,19H,3-4,8-10H2,1-2H3,(H2,20,21,22,23,24). The predicted molar refractivity (Wildman–Crippen MR) is 97.2 cm³/mol. The summed E-state index contributed by atoms with van der Waals surface area (Å²) < 4.78 is 0. The molecular weight excluding hydrogens is 314 g/mol. The minimum Gasteiger partial charge on any atom is -0.337 e. The number of aromatic nitrogens is 4. The van der Waals surface area contributed by atoms with Gasteiger partial charge in [0.05, 0.1) is 0 Å². The van der Waals surface area contributed by atoms with E-state index in [1.165, 1.54) is 31.4 Å². The molecule has 0 radical (unpaired) electrons. The zero-order valence-electron chi connectivity index (χ0n) is 14.8. The van der Waals surface area contributed by atoms with Crippen molar-refractivity contribution < 1.29 is 0 Å². The molecule has 7 heteroatoms. The van der Waals surface area contributed by atoms with E-state index in [1.54, 1.807) is 0 Å². The highest BCUT2D eigenvalue weighted by Crippen LogP contribution is 2.54. The van der Waals surface area contributed by atoms with Gasteiger partial charge in [0.15, 0.2) is 5.82 Å². The summed E-state index contributed by atoms with van der Waals surface area (Å²) in [6.07, 6.45) is 6.84. The van der Waals surface area contributed by atoms with Crippen molar-refractivity contribution in [1.29, 1.82) is 0 Å². The maximum Gasteiger partial charge on any atom is 0.227 e. The number of hydrogen-bond acceptors (Lipinski definition) is 6. The third-order valence-electron chi connectivity index (χ3n) is 6.33. The lowest BCUT2D eigenvalue weighted by atomic mass is 9.66. The van der Waals surface area contributed by atoms with Crippen molar-refractivity contribution in [3.63, 3.8) is 0 Å². The van der Waals surface area contributed by atoms with Crippen LogP contribution in [0.5, 0.6) is 0 Å². The summed E-state index contributed by atoms with van der Waals surface area (Å²) in [5.41, 5.74) is 1.60. The van der Waals surface area contributed by atoms with Crippen LogP contribution in [0.2, 0.25) is 0 Å². The van der Waals surface area contributed by atoms with Gasteiger partial charge in [0.2, 0.25) is 5.95 Å². The molecule has 2 aromatic heterocycles. The average Bonchev–Trinajstić information content (AvgIpc) is 3.06. The zero-order chi connectivity index (χ0) is 17.0. The summed E-state index contributed by atoms with van der Waals surface area (Å²) in [4.78, 5) is 11.6. The molecule has 0 spiro atoms. The largest absolute Gasteiger partial charge is 0.337 e. The Morgan fingerprint density at radius 1 is 1.32 bits per heavy atom. The van der Waals surface area contributed by atoms with Gasteiger partial charge in [-0.05, 0) is 45.7 Å². The van der Waals surface area contributed by atoms with E-state index in [2.05, 4.69) is 50.8 Å². The summed E-state index contributed by atoms with van der Waals surface area (Å²) in [7, 11) is 2.05. The van der Waals surface area contributed by atoms with Crippen LogP contribution in [0.3, 0.4) is 0 Å². The van der Waals surface area contributed by atoms with E-state index in [-0.39, 0.29) is 0 Å². The Morgan fingerprint density at radius 3 is 2.92 bits per heavy atom. The van der Waals surface area contributed by atoms with E-state index in [9.17, 15) is 0 Å². The highest BCUT2D eigenvalue weighted by Gasteiger charge is 2.58. The Balaban J connectivity index is 1.32. The predicted octanol–water partition coefficient (Wildman–Crippen LogP) is 2.40. The van der Waals surface area contributed by atoms with Gasteiger partial charge in [-0.3, -0.25) is 5.10 Å². The van der Waals surface area contributed by atoms with Gasteiger partial charge in [-0.25, -0.2) is 4.98 Å². The number of fused-ring (bicyclic) bond motifs is 1. The minimum atomic E-state index is 0.383. The van der Waals surface area contributed by atoms with E-state index in [1.807, 2.05) is 12.3 Å². The Morgan fingerprint density at radius 2 is 2.16 bits per heavy atom. The summed E-state index contributed by atoms with van der Waals surface area (Å²) in [6, 6.07) is 5.11. The van der Waals surface area contributed by atoms with Gasteiger partial charge in [0.25, 0.3) is 0 Å². The summed E-state index contributed by atoms with van der Waals surface area (Å²) in [5.74, 6) is 3.14. The van der Waals surface area contributed by atoms with Gasteiger partial charge in [0, 0.05) is 47.9 Å². The van der Waals surface area contributed by atoms with Crippen molar-refractivity contribution in [2.75, 3.05) is 23.8 Å². The fraction of sp³-hybridized carbons (Fsp3) is 0.611. The lowest BCUT2D eigenvalue weighted by molar-refractivity contribution is 0.143. The summed E-state index contributed by atoms with van der Waals surface area (Å²) >= 11 is 0. The smallest absolute Gasteiger partial charge is 0.227 e. The van der Waals surface area contributed by atoms with Crippen LogP contribution in [0.15, 0.2) is 18.3 Å². The minimum absolute atomic E-state index is 0.383. The van der Waals surface area contributed by atoms with Gasteiger partial charge in [-0.1, -0.05) is 0 Å². The monoisotopic (exact) mass is 339 g/mol. The van der Waals surface area contributed by atoms with Crippen LogP contribution < -0.4 is 15.5 Å². The molecule has 4 fully saturated rings. The number of nitrogens with one attached hydrogen (secondary N) is 3. The van der Waals surface area contributed by atoms with Crippen LogP contribution >= 0.6 is 0 Å². The van der Waals surface area contributed by atoms with Crippen LogP contribution in [0.25, 0.3) is 0 Å². The van der Waals surface area contributed by atoms with Crippen LogP contribution in [0.1, 0.15) is 44.2 Å². The van der Waals surface area contributed by atoms with Crippen LogP contribution in [-0.4, -0.2) is 45.8 Å².